The maximum atomic E-state index is 13.5. The third kappa shape index (κ3) is 5.36. The Bertz CT molecular complexity index is 1220. The van der Waals surface area contributed by atoms with Gasteiger partial charge in [0.1, 0.15) is 17.6 Å². The molecule has 2 atom stereocenters. The van der Waals surface area contributed by atoms with Gasteiger partial charge in [-0.2, -0.15) is 0 Å². The molecular weight excluding hydrogens is 484 g/mol. The van der Waals surface area contributed by atoms with Gasteiger partial charge in [-0.1, -0.05) is 19.9 Å². The summed E-state index contributed by atoms with van der Waals surface area (Å²) in [4.78, 5) is 30.6. The number of nitrogens with zero attached hydrogens (tertiary/aromatic N) is 2. The van der Waals surface area contributed by atoms with E-state index in [1.54, 1.807) is 23.1 Å². The van der Waals surface area contributed by atoms with Crippen molar-refractivity contribution < 1.29 is 28.9 Å². The number of amides is 1. The van der Waals surface area contributed by atoms with E-state index in [0.717, 1.165) is 24.4 Å². The molecular formula is C30H38N2O6. The number of ketones is 1. The minimum Gasteiger partial charge on any atom is -0.507 e. The first-order valence-corrected chi connectivity index (χ1v) is 13.5. The second-order valence-corrected chi connectivity index (χ2v) is 9.55. The van der Waals surface area contributed by atoms with Crippen LogP contribution in [0.1, 0.15) is 57.4 Å². The average Bonchev–Trinajstić information content (AvgIpc) is 3.41. The molecule has 38 heavy (non-hydrogen) atoms. The lowest BCUT2D eigenvalue weighted by Gasteiger charge is -2.28. The van der Waals surface area contributed by atoms with E-state index in [-0.39, 0.29) is 17.4 Å². The molecule has 1 saturated heterocycles. The van der Waals surface area contributed by atoms with Crippen LogP contribution in [-0.2, 0) is 16.0 Å². The summed E-state index contributed by atoms with van der Waals surface area (Å²) in [5.41, 5.74) is 2.21. The Labute approximate surface area is 224 Å². The van der Waals surface area contributed by atoms with Crippen LogP contribution >= 0.6 is 0 Å². The Morgan fingerprint density at radius 1 is 1.03 bits per heavy atom. The quantitative estimate of drug-likeness (QED) is 0.263. The lowest BCUT2D eigenvalue weighted by molar-refractivity contribution is -0.140. The zero-order valence-electron chi connectivity index (χ0n) is 23.0. The summed E-state index contributed by atoms with van der Waals surface area (Å²) in [6, 6.07) is 10.1. The summed E-state index contributed by atoms with van der Waals surface area (Å²) in [6.45, 7) is 13.4. The van der Waals surface area contributed by atoms with Gasteiger partial charge in [-0.3, -0.25) is 9.59 Å². The van der Waals surface area contributed by atoms with E-state index in [1.807, 2.05) is 39.0 Å². The molecule has 2 unspecified atom stereocenters. The van der Waals surface area contributed by atoms with Crippen LogP contribution in [0.4, 0.5) is 0 Å². The third-order valence-corrected chi connectivity index (χ3v) is 7.14. The van der Waals surface area contributed by atoms with Crippen molar-refractivity contribution in [2.75, 3.05) is 39.4 Å². The Morgan fingerprint density at radius 2 is 1.74 bits per heavy atom. The van der Waals surface area contributed by atoms with Crippen molar-refractivity contribution in [2.24, 2.45) is 0 Å². The molecule has 1 N–H and O–H groups in total. The fraction of sp³-hybridized carbons (Fsp3) is 0.467. The number of aliphatic hydroxyl groups is 1. The Balaban J connectivity index is 1.82. The van der Waals surface area contributed by atoms with Crippen molar-refractivity contribution in [1.82, 2.24) is 9.80 Å². The van der Waals surface area contributed by atoms with Crippen LogP contribution in [0.5, 0.6) is 17.2 Å². The maximum Gasteiger partial charge on any atom is 0.295 e. The van der Waals surface area contributed by atoms with Crippen molar-refractivity contribution in [1.29, 1.82) is 0 Å². The van der Waals surface area contributed by atoms with E-state index in [2.05, 4.69) is 18.7 Å². The van der Waals surface area contributed by atoms with Gasteiger partial charge in [0.2, 0.25) is 0 Å². The van der Waals surface area contributed by atoms with Gasteiger partial charge < -0.3 is 29.1 Å². The molecule has 1 amide bonds. The van der Waals surface area contributed by atoms with Gasteiger partial charge >= 0.3 is 0 Å². The monoisotopic (exact) mass is 522 g/mol. The first kappa shape index (κ1) is 27.5. The fourth-order valence-corrected chi connectivity index (χ4v) is 5.21. The van der Waals surface area contributed by atoms with Crippen molar-refractivity contribution in [3.8, 4) is 17.2 Å². The highest BCUT2D eigenvalue weighted by Crippen LogP contribution is 2.42. The molecule has 2 aromatic carbocycles. The smallest absolute Gasteiger partial charge is 0.295 e. The van der Waals surface area contributed by atoms with Gasteiger partial charge in [-0.15, -0.1) is 0 Å². The first-order valence-electron chi connectivity index (χ1n) is 13.5. The summed E-state index contributed by atoms with van der Waals surface area (Å²) in [6.07, 6.45) is 0.767. The first-order chi connectivity index (χ1) is 18.3. The van der Waals surface area contributed by atoms with E-state index in [0.29, 0.717) is 55.4 Å². The summed E-state index contributed by atoms with van der Waals surface area (Å²) in [7, 11) is 0. The number of aliphatic hydroxyl groups excluding tert-OH is 1. The number of benzene rings is 2. The van der Waals surface area contributed by atoms with Crippen molar-refractivity contribution in [2.45, 2.75) is 53.2 Å². The van der Waals surface area contributed by atoms with Gasteiger partial charge in [-0.05, 0) is 75.3 Å². The third-order valence-electron chi connectivity index (χ3n) is 7.14. The lowest BCUT2D eigenvalue weighted by Crippen LogP contribution is -2.38. The van der Waals surface area contributed by atoms with Crippen LogP contribution in [0.25, 0.3) is 5.76 Å². The SMILES string of the molecule is CCOc1ccc(C2C(=C(O)c3ccc4c(c3)CC(C)O4)C(=O)C(=O)N2CCN(CC)CC)cc1OCC. The molecule has 0 spiro atoms. The highest BCUT2D eigenvalue weighted by atomic mass is 16.5. The molecule has 0 bridgehead atoms. The molecule has 1 fully saturated rings. The topological polar surface area (TPSA) is 88.5 Å². The van der Waals surface area contributed by atoms with E-state index >= 15 is 0 Å². The second-order valence-electron chi connectivity index (χ2n) is 9.55. The molecule has 0 saturated carbocycles. The highest BCUT2D eigenvalue weighted by Gasteiger charge is 2.46. The Hall–Kier alpha value is -3.52. The van der Waals surface area contributed by atoms with Crippen molar-refractivity contribution in [3.05, 3.63) is 58.7 Å². The van der Waals surface area contributed by atoms with Crippen LogP contribution in [-0.4, -0.2) is 72.1 Å². The number of fused-ring (bicyclic) bond motifs is 1. The zero-order chi connectivity index (χ0) is 27.4. The van der Waals surface area contributed by atoms with E-state index in [1.165, 1.54) is 0 Å². The summed E-state index contributed by atoms with van der Waals surface area (Å²) in [5, 5.41) is 11.5. The maximum absolute atomic E-state index is 13.5. The number of carbonyl (C=O) groups excluding carboxylic acids is 2. The average molecular weight is 523 g/mol. The zero-order valence-corrected chi connectivity index (χ0v) is 23.0. The van der Waals surface area contributed by atoms with Crippen molar-refractivity contribution >= 4 is 17.4 Å². The minimum absolute atomic E-state index is 0.0499. The van der Waals surface area contributed by atoms with E-state index in [9.17, 15) is 14.7 Å². The molecule has 204 valence electrons. The molecule has 0 radical (unpaired) electrons. The Morgan fingerprint density at radius 3 is 2.42 bits per heavy atom. The fourth-order valence-electron chi connectivity index (χ4n) is 5.21. The van der Waals surface area contributed by atoms with Crippen LogP contribution in [0.2, 0.25) is 0 Å². The molecule has 0 aromatic heterocycles. The van der Waals surface area contributed by atoms with Crippen LogP contribution in [0, 0.1) is 0 Å². The number of carbonyl (C=O) groups is 2. The van der Waals surface area contributed by atoms with Crippen LogP contribution in [0.3, 0.4) is 0 Å². The molecule has 4 rings (SSSR count). The van der Waals surface area contributed by atoms with Gasteiger partial charge in [-0.25, -0.2) is 0 Å². The number of rotatable bonds is 11. The van der Waals surface area contributed by atoms with Gasteiger partial charge in [0.15, 0.2) is 11.5 Å². The molecule has 2 aliphatic heterocycles. The largest absolute Gasteiger partial charge is 0.507 e. The number of ether oxygens (including phenoxy) is 3. The number of hydrogen-bond acceptors (Lipinski definition) is 7. The molecule has 2 aromatic rings. The minimum atomic E-state index is -0.760. The van der Waals surface area contributed by atoms with Gasteiger partial charge in [0.05, 0.1) is 24.8 Å². The standard InChI is InChI=1S/C30H38N2O6/c1-6-31(7-2)14-15-32-27(20-10-13-24(36-8-3)25(18-20)37-9-4)26(29(34)30(32)35)28(33)21-11-12-23-22(17-21)16-19(5)38-23/h10-13,17-19,27,33H,6-9,14-16H2,1-5H3. The van der Waals surface area contributed by atoms with E-state index < -0.39 is 17.7 Å². The van der Waals surface area contributed by atoms with E-state index in [4.69, 9.17) is 14.2 Å². The normalized spacial score (nSPS) is 20.1. The molecule has 2 aliphatic rings. The van der Waals surface area contributed by atoms with Gasteiger partial charge in [0.25, 0.3) is 11.7 Å². The molecule has 0 aliphatic carbocycles. The predicted molar refractivity (Wildman–Crippen MR) is 146 cm³/mol. The summed E-state index contributed by atoms with van der Waals surface area (Å²) < 4.78 is 17.4. The number of hydrogen-bond donors (Lipinski definition) is 1. The summed E-state index contributed by atoms with van der Waals surface area (Å²) >= 11 is 0. The number of Topliss-reactive ketones (excluding diaryl/α,β-unsaturated/α-hetero) is 1. The number of likely N-dealkylation sites (tertiary alicyclic amines) is 1. The van der Waals surface area contributed by atoms with Gasteiger partial charge in [0, 0.05) is 25.1 Å². The molecule has 8 heteroatoms. The second kappa shape index (κ2) is 11.9. The van der Waals surface area contributed by atoms with Crippen molar-refractivity contribution in [3.63, 3.8) is 0 Å². The van der Waals surface area contributed by atoms with Crippen LogP contribution < -0.4 is 14.2 Å². The summed E-state index contributed by atoms with van der Waals surface area (Å²) in [5.74, 6) is 0.402. The molecule has 2 heterocycles. The number of likely N-dealkylation sites (N-methyl/N-ethyl adjacent to an activating group) is 1. The highest BCUT2D eigenvalue weighted by molar-refractivity contribution is 6.46. The lowest BCUT2D eigenvalue weighted by atomic mass is 9.94. The molecule has 8 nitrogen and oxygen atoms in total. The predicted octanol–water partition coefficient (Wildman–Crippen LogP) is 4.57. The Kier molecular flexibility index (Phi) is 8.62. The van der Waals surface area contributed by atoms with Crippen LogP contribution in [0.15, 0.2) is 42.0 Å².